The molecule has 1 aromatic heterocycles. The van der Waals surface area contributed by atoms with E-state index in [-0.39, 0.29) is 17.9 Å². The van der Waals surface area contributed by atoms with Gasteiger partial charge in [-0.1, -0.05) is 22.0 Å². The van der Waals surface area contributed by atoms with Crippen molar-refractivity contribution in [3.8, 4) is 0 Å². The largest absolute Gasteiger partial charge is 0.360 e. The highest BCUT2D eigenvalue weighted by Crippen LogP contribution is 2.28. The van der Waals surface area contributed by atoms with Gasteiger partial charge in [-0.3, -0.25) is 14.5 Å². The predicted octanol–water partition coefficient (Wildman–Crippen LogP) is 2.35. The van der Waals surface area contributed by atoms with Gasteiger partial charge in [0.15, 0.2) is 0 Å². The first-order valence-corrected chi connectivity index (χ1v) is 9.86. The summed E-state index contributed by atoms with van der Waals surface area (Å²) < 4.78 is 0.865. The van der Waals surface area contributed by atoms with Crippen molar-refractivity contribution >= 4 is 38.6 Å². The molecule has 0 spiro atoms. The first-order chi connectivity index (χ1) is 12.5. The maximum Gasteiger partial charge on any atom is 0.254 e. The zero-order chi connectivity index (χ0) is 18.4. The van der Waals surface area contributed by atoms with Crippen LogP contribution in [0.25, 0.3) is 10.9 Å². The van der Waals surface area contributed by atoms with Gasteiger partial charge in [0.25, 0.3) is 5.91 Å². The van der Waals surface area contributed by atoms with E-state index in [1.807, 2.05) is 23.1 Å². The lowest BCUT2D eigenvalue weighted by Crippen LogP contribution is -2.53. The summed E-state index contributed by atoms with van der Waals surface area (Å²) in [5.41, 5.74) is 1.46. The Hall–Kier alpha value is -1.86. The van der Waals surface area contributed by atoms with Gasteiger partial charge in [0, 0.05) is 53.3 Å². The number of nitrogens with one attached hydrogen (secondary N) is 2. The topological polar surface area (TPSA) is 68.4 Å². The van der Waals surface area contributed by atoms with Crippen LogP contribution in [0, 0.1) is 0 Å². The Balaban J connectivity index is 1.51. The van der Waals surface area contributed by atoms with Crippen LogP contribution in [-0.4, -0.2) is 64.4 Å². The van der Waals surface area contributed by atoms with Crippen LogP contribution in [0.15, 0.2) is 28.9 Å². The Morgan fingerprint density at radius 3 is 2.92 bits per heavy atom. The SMILES string of the molecule is CC(C)N1CCN2C(=O)C(NC(=O)c3c[nH]c4cccc(Br)c34)CC2C1. The number of hydrogen-bond acceptors (Lipinski definition) is 3. The maximum absolute atomic E-state index is 12.8. The number of hydrogen-bond donors (Lipinski definition) is 2. The fourth-order valence-electron chi connectivity index (χ4n) is 4.09. The molecule has 2 aromatic rings. The van der Waals surface area contributed by atoms with Gasteiger partial charge in [-0.05, 0) is 32.4 Å². The van der Waals surface area contributed by atoms with E-state index in [4.69, 9.17) is 0 Å². The minimum absolute atomic E-state index is 0.0469. The van der Waals surface area contributed by atoms with E-state index in [1.54, 1.807) is 6.20 Å². The monoisotopic (exact) mass is 418 g/mol. The standard InChI is InChI=1S/C19H23BrN4O2/c1-11(2)23-6-7-24-12(10-23)8-16(19(24)26)22-18(25)13-9-21-15-5-3-4-14(20)17(13)15/h3-5,9,11-12,16,21H,6-8,10H2,1-2H3,(H,22,25). The molecule has 2 atom stereocenters. The Morgan fingerprint density at radius 2 is 2.15 bits per heavy atom. The van der Waals surface area contributed by atoms with Crippen molar-refractivity contribution in [1.29, 1.82) is 0 Å². The van der Waals surface area contributed by atoms with Crippen LogP contribution in [0.5, 0.6) is 0 Å². The van der Waals surface area contributed by atoms with Crippen molar-refractivity contribution in [1.82, 2.24) is 20.1 Å². The number of piperazine rings is 1. The number of aromatic nitrogens is 1. The quantitative estimate of drug-likeness (QED) is 0.803. The number of fused-ring (bicyclic) bond motifs is 2. The van der Waals surface area contributed by atoms with E-state index in [0.29, 0.717) is 18.0 Å². The molecule has 2 aliphatic heterocycles. The molecule has 0 saturated carbocycles. The number of amides is 2. The zero-order valence-electron chi connectivity index (χ0n) is 15.0. The summed E-state index contributed by atoms with van der Waals surface area (Å²) in [7, 11) is 0. The third kappa shape index (κ3) is 2.93. The fraction of sp³-hybridized carbons (Fsp3) is 0.474. The van der Waals surface area contributed by atoms with E-state index in [1.165, 1.54) is 0 Å². The molecule has 2 amide bonds. The minimum Gasteiger partial charge on any atom is -0.360 e. The molecule has 0 bridgehead atoms. The summed E-state index contributed by atoms with van der Waals surface area (Å²) in [5.74, 6) is -0.160. The minimum atomic E-state index is -0.438. The molecule has 26 heavy (non-hydrogen) atoms. The second-order valence-electron chi connectivity index (χ2n) is 7.40. The van der Waals surface area contributed by atoms with Crippen LogP contribution in [-0.2, 0) is 4.79 Å². The first-order valence-electron chi connectivity index (χ1n) is 9.06. The van der Waals surface area contributed by atoms with Crippen molar-refractivity contribution in [3.63, 3.8) is 0 Å². The van der Waals surface area contributed by atoms with Gasteiger partial charge < -0.3 is 15.2 Å². The van der Waals surface area contributed by atoms with Gasteiger partial charge in [-0.25, -0.2) is 0 Å². The van der Waals surface area contributed by atoms with Gasteiger partial charge in [0.05, 0.1) is 5.56 Å². The Labute approximate surface area is 161 Å². The summed E-state index contributed by atoms with van der Waals surface area (Å²) in [6.45, 7) is 6.89. The normalized spacial score (nSPS) is 23.7. The van der Waals surface area contributed by atoms with Crippen molar-refractivity contribution in [3.05, 3.63) is 34.4 Å². The van der Waals surface area contributed by atoms with Crippen LogP contribution >= 0.6 is 15.9 Å². The van der Waals surface area contributed by atoms with Crippen molar-refractivity contribution < 1.29 is 9.59 Å². The van der Waals surface area contributed by atoms with Crippen LogP contribution in [0.2, 0.25) is 0 Å². The summed E-state index contributed by atoms with van der Waals surface area (Å²) in [5, 5.41) is 3.81. The van der Waals surface area contributed by atoms with Gasteiger partial charge in [0.1, 0.15) is 6.04 Å². The number of rotatable bonds is 3. The van der Waals surface area contributed by atoms with Crippen LogP contribution in [0.1, 0.15) is 30.6 Å². The average Bonchev–Trinajstić information content (AvgIpc) is 3.17. The molecule has 6 nitrogen and oxygen atoms in total. The van der Waals surface area contributed by atoms with Gasteiger partial charge in [-0.2, -0.15) is 0 Å². The summed E-state index contributed by atoms with van der Waals surface area (Å²) in [6, 6.07) is 5.99. The molecule has 2 N–H and O–H groups in total. The molecule has 2 saturated heterocycles. The van der Waals surface area contributed by atoms with Gasteiger partial charge in [0.2, 0.25) is 5.91 Å². The van der Waals surface area contributed by atoms with E-state index in [2.05, 4.69) is 45.0 Å². The third-order valence-corrected chi connectivity index (χ3v) is 6.20. The lowest BCUT2D eigenvalue weighted by molar-refractivity contribution is -0.132. The van der Waals surface area contributed by atoms with Gasteiger partial charge >= 0.3 is 0 Å². The highest BCUT2D eigenvalue weighted by Gasteiger charge is 2.43. The smallest absolute Gasteiger partial charge is 0.254 e. The third-order valence-electron chi connectivity index (χ3n) is 5.54. The number of halogens is 1. The summed E-state index contributed by atoms with van der Waals surface area (Å²) >= 11 is 3.51. The maximum atomic E-state index is 12.8. The lowest BCUT2D eigenvalue weighted by Gasteiger charge is -2.39. The van der Waals surface area contributed by atoms with Crippen molar-refractivity contribution in [2.45, 2.75) is 38.4 Å². The second-order valence-corrected chi connectivity index (χ2v) is 8.25. The van der Waals surface area contributed by atoms with Crippen LogP contribution in [0.4, 0.5) is 0 Å². The lowest BCUT2D eigenvalue weighted by atomic mass is 10.1. The molecule has 3 heterocycles. The Kier molecular flexibility index (Phi) is 4.52. The zero-order valence-corrected chi connectivity index (χ0v) is 16.5. The van der Waals surface area contributed by atoms with Crippen molar-refractivity contribution in [2.75, 3.05) is 19.6 Å². The van der Waals surface area contributed by atoms with E-state index in [9.17, 15) is 9.59 Å². The molecule has 0 aliphatic carbocycles. The first kappa shape index (κ1) is 17.5. The van der Waals surface area contributed by atoms with E-state index >= 15 is 0 Å². The molecule has 7 heteroatoms. The fourth-order valence-corrected chi connectivity index (χ4v) is 4.67. The number of nitrogens with zero attached hydrogens (tertiary/aromatic N) is 2. The highest BCUT2D eigenvalue weighted by molar-refractivity contribution is 9.10. The molecule has 138 valence electrons. The number of carbonyl (C=O) groups excluding carboxylic acids is 2. The molecule has 2 unspecified atom stereocenters. The Morgan fingerprint density at radius 1 is 1.35 bits per heavy atom. The summed E-state index contributed by atoms with van der Waals surface area (Å²) in [6.07, 6.45) is 2.38. The Bertz CT molecular complexity index is 862. The molecule has 2 aliphatic rings. The number of carbonyl (C=O) groups is 2. The van der Waals surface area contributed by atoms with Gasteiger partial charge in [-0.15, -0.1) is 0 Å². The second kappa shape index (κ2) is 6.70. The highest BCUT2D eigenvalue weighted by atomic mass is 79.9. The van der Waals surface area contributed by atoms with Crippen LogP contribution < -0.4 is 5.32 Å². The number of benzene rings is 1. The van der Waals surface area contributed by atoms with E-state index in [0.717, 1.165) is 35.0 Å². The molecular formula is C19H23BrN4O2. The molecular weight excluding hydrogens is 396 g/mol. The number of H-pyrrole nitrogens is 1. The molecule has 1 aromatic carbocycles. The van der Waals surface area contributed by atoms with Crippen LogP contribution in [0.3, 0.4) is 0 Å². The predicted molar refractivity (Wildman–Crippen MR) is 104 cm³/mol. The van der Waals surface area contributed by atoms with Crippen molar-refractivity contribution in [2.24, 2.45) is 0 Å². The molecule has 4 rings (SSSR count). The average molecular weight is 419 g/mol. The van der Waals surface area contributed by atoms with E-state index < -0.39 is 6.04 Å². The summed E-state index contributed by atoms with van der Waals surface area (Å²) in [4.78, 5) is 33.0. The molecule has 0 radical (unpaired) electrons. The number of aromatic amines is 1. The molecule has 2 fully saturated rings.